The summed E-state index contributed by atoms with van der Waals surface area (Å²) in [5, 5.41) is 12.0. The molecule has 0 spiro atoms. The monoisotopic (exact) mass is 356 g/mol. The first kappa shape index (κ1) is 16.9. The van der Waals surface area contributed by atoms with Crippen molar-refractivity contribution in [1.82, 2.24) is 34.3 Å². The lowest BCUT2D eigenvalue weighted by atomic mass is 10.1. The fourth-order valence-electron chi connectivity index (χ4n) is 3.30. The number of hydrogen-bond acceptors (Lipinski definition) is 7. The number of nitrogens with zero attached hydrogens (tertiary/aromatic N) is 7. The van der Waals surface area contributed by atoms with E-state index in [1.165, 1.54) is 38.7 Å². The van der Waals surface area contributed by atoms with Crippen LogP contribution in [0, 0.1) is 0 Å². The molecule has 0 bridgehead atoms. The molecule has 1 N–H and O–H groups in total. The van der Waals surface area contributed by atoms with Crippen LogP contribution in [0.3, 0.4) is 0 Å². The van der Waals surface area contributed by atoms with Gasteiger partial charge in [0.1, 0.15) is 12.1 Å². The molecule has 0 unspecified atom stereocenters. The third kappa shape index (κ3) is 3.83. The van der Waals surface area contributed by atoms with E-state index < -0.39 is 0 Å². The molecule has 1 saturated heterocycles. The minimum absolute atomic E-state index is 0.424. The van der Waals surface area contributed by atoms with E-state index in [-0.39, 0.29) is 0 Å². The second-order valence-electron chi connectivity index (χ2n) is 6.56. The number of hydrogen-bond donors (Lipinski definition) is 1. The van der Waals surface area contributed by atoms with E-state index in [9.17, 15) is 0 Å². The Hall–Kier alpha value is -2.52. The van der Waals surface area contributed by atoms with Crippen LogP contribution < -0.4 is 5.32 Å². The molecule has 3 aromatic rings. The van der Waals surface area contributed by atoms with Crippen LogP contribution in [0.2, 0.25) is 0 Å². The van der Waals surface area contributed by atoms with Gasteiger partial charge in [-0.15, -0.1) is 0 Å². The number of anilines is 2. The average Bonchev–Trinajstić information content (AvgIpc) is 3.30. The number of likely N-dealkylation sites (tertiary alicyclic amines) is 1. The smallest absolute Gasteiger partial charge is 0.254 e. The quantitative estimate of drug-likeness (QED) is 0.689. The van der Waals surface area contributed by atoms with Crippen LogP contribution in [0.25, 0.3) is 5.78 Å². The van der Waals surface area contributed by atoms with Crippen molar-refractivity contribution in [1.29, 1.82) is 0 Å². The molecule has 0 saturated carbocycles. The molecular weight excluding hydrogens is 332 g/mol. The van der Waals surface area contributed by atoms with E-state index in [0.29, 0.717) is 12.4 Å². The second-order valence-corrected chi connectivity index (χ2v) is 6.56. The lowest BCUT2D eigenvalue weighted by Gasteiger charge is -2.26. The number of methoxy groups -OCH3 is 1. The van der Waals surface area contributed by atoms with Gasteiger partial charge in [0.05, 0.1) is 30.7 Å². The summed E-state index contributed by atoms with van der Waals surface area (Å²) >= 11 is 0. The first-order valence-electron chi connectivity index (χ1n) is 9.02. The van der Waals surface area contributed by atoms with E-state index >= 15 is 0 Å². The van der Waals surface area contributed by atoms with Crippen LogP contribution in [0.15, 0.2) is 24.8 Å². The normalized spacial score (nSPS) is 15.6. The molecular formula is C17H24N8O. The Labute approximate surface area is 152 Å². The number of ether oxygens (including phenoxy) is 1. The fraction of sp³-hybridized carbons (Fsp3) is 0.529. The molecule has 0 aliphatic carbocycles. The molecule has 0 atom stereocenters. The van der Waals surface area contributed by atoms with Crippen molar-refractivity contribution in [2.75, 3.05) is 32.1 Å². The Kier molecular flexibility index (Phi) is 5.07. The predicted molar refractivity (Wildman–Crippen MR) is 97.3 cm³/mol. The number of aromatic nitrogens is 6. The van der Waals surface area contributed by atoms with E-state index in [1.54, 1.807) is 11.6 Å². The van der Waals surface area contributed by atoms with Crippen molar-refractivity contribution < 1.29 is 4.74 Å². The van der Waals surface area contributed by atoms with E-state index in [0.717, 1.165) is 30.3 Å². The van der Waals surface area contributed by atoms with Gasteiger partial charge in [0, 0.05) is 25.9 Å². The number of fused-ring (bicyclic) bond motifs is 1. The molecule has 9 heteroatoms. The Morgan fingerprint density at radius 1 is 1.15 bits per heavy atom. The van der Waals surface area contributed by atoms with Crippen molar-refractivity contribution in [3.63, 3.8) is 0 Å². The van der Waals surface area contributed by atoms with Crippen LogP contribution in [-0.4, -0.2) is 61.0 Å². The fourth-order valence-corrected chi connectivity index (χ4v) is 3.30. The molecule has 4 rings (SSSR count). The van der Waals surface area contributed by atoms with Gasteiger partial charge in [0.2, 0.25) is 0 Å². The summed E-state index contributed by atoms with van der Waals surface area (Å²) in [4.78, 5) is 11.1. The highest BCUT2D eigenvalue weighted by Crippen LogP contribution is 2.18. The Morgan fingerprint density at radius 2 is 2.04 bits per heavy atom. The van der Waals surface area contributed by atoms with Gasteiger partial charge in [-0.25, -0.2) is 4.98 Å². The maximum absolute atomic E-state index is 5.18. The standard InChI is InChI=1S/C17H24N8O/c1-26-12-14-9-16(25-17(22-14)18-13-20-25)21-15-10-19-24(11-15)8-7-23-5-3-2-4-6-23/h9-11,13,21H,2-8,12H2,1H3. The highest BCUT2D eigenvalue weighted by Gasteiger charge is 2.11. The molecule has 1 aliphatic heterocycles. The number of piperidine rings is 1. The van der Waals surface area contributed by atoms with Gasteiger partial charge in [0.25, 0.3) is 5.78 Å². The summed E-state index contributed by atoms with van der Waals surface area (Å²) in [6.45, 7) is 4.77. The molecule has 0 amide bonds. The van der Waals surface area contributed by atoms with Gasteiger partial charge in [-0.3, -0.25) is 4.68 Å². The molecule has 0 radical (unpaired) electrons. The summed E-state index contributed by atoms with van der Waals surface area (Å²) < 4.78 is 8.83. The van der Waals surface area contributed by atoms with Crippen LogP contribution in [0.5, 0.6) is 0 Å². The molecule has 3 aromatic heterocycles. The minimum Gasteiger partial charge on any atom is -0.378 e. The summed E-state index contributed by atoms with van der Waals surface area (Å²) in [6, 6.07) is 1.91. The van der Waals surface area contributed by atoms with Gasteiger partial charge >= 0.3 is 0 Å². The Balaban J connectivity index is 1.45. The second kappa shape index (κ2) is 7.79. The Bertz CT molecular complexity index is 851. The summed E-state index contributed by atoms with van der Waals surface area (Å²) in [5.41, 5.74) is 1.71. The van der Waals surface area contributed by atoms with Crippen LogP contribution in [0.1, 0.15) is 25.0 Å². The van der Waals surface area contributed by atoms with Crippen molar-refractivity contribution in [3.8, 4) is 0 Å². The molecule has 138 valence electrons. The molecule has 4 heterocycles. The maximum atomic E-state index is 5.18. The van der Waals surface area contributed by atoms with Crippen molar-refractivity contribution in [2.24, 2.45) is 0 Å². The van der Waals surface area contributed by atoms with Crippen LogP contribution in [-0.2, 0) is 17.9 Å². The van der Waals surface area contributed by atoms with E-state index in [4.69, 9.17) is 4.74 Å². The van der Waals surface area contributed by atoms with E-state index in [1.807, 2.05) is 23.1 Å². The van der Waals surface area contributed by atoms with Gasteiger partial charge in [-0.1, -0.05) is 6.42 Å². The van der Waals surface area contributed by atoms with Gasteiger partial charge in [-0.05, 0) is 25.9 Å². The zero-order valence-electron chi connectivity index (χ0n) is 15.0. The van der Waals surface area contributed by atoms with Crippen molar-refractivity contribution >= 4 is 17.3 Å². The molecule has 1 aliphatic rings. The molecule has 0 aromatic carbocycles. The third-order valence-electron chi connectivity index (χ3n) is 4.60. The van der Waals surface area contributed by atoms with Gasteiger partial charge < -0.3 is 15.0 Å². The average molecular weight is 356 g/mol. The van der Waals surface area contributed by atoms with Crippen molar-refractivity contribution in [2.45, 2.75) is 32.4 Å². The summed E-state index contributed by atoms with van der Waals surface area (Å²) in [6.07, 6.45) is 9.32. The maximum Gasteiger partial charge on any atom is 0.254 e. The van der Waals surface area contributed by atoms with Crippen LogP contribution >= 0.6 is 0 Å². The third-order valence-corrected chi connectivity index (χ3v) is 4.60. The molecule has 26 heavy (non-hydrogen) atoms. The largest absolute Gasteiger partial charge is 0.378 e. The minimum atomic E-state index is 0.424. The summed E-state index contributed by atoms with van der Waals surface area (Å²) in [5.74, 6) is 1.33. The number of rotatable bonds is 7. The predicted octanol–water partition coefficient (Wildman–Crippen LogP) is 1.70. The SMILES string of the molecule is COCc1cc(Nc2cnn(CCN3CCCCC3)c2)n2ncnc2n1. The molecule has 1 fully saturated rings. The number of nitrogens with one attached hydrogen (secondary N) is 1. The van der Waals surface area contributed by atoms with Crippen molar-refractivity contribution in [3.05, 3.63) is 30.5 Å². The van der Waals surface area contributed by atoms with Gasteiger partial charge in [-0.2, -0.15) is 19.7 Å². The topological polar surface area (TPSA) is 85.4 Å². The summed E-state index contributed by atoms with van der Waals surface area (Å²) in [7, 11) is 1.65. The van der Waals surface area contributed by atoms with Gasteiger partial charge in [0.15, 0.2) is 0 Å². The first-order valence-corrected chi connectivity index (χ1v) is 9.02. The zero-order chi connectivity index (χ0) is 17.8. The lowest BCUT2D eigenvalue weighted by Crippen LogP contribution is -2.32. The molecule has 9 nitrogen and oxygen atoms in total. The zero-order valence-corrected chi connectivity index (χ0v) is 15.0. The van der Waals surface area contributed by atoms with E-state index in [2.05, 4.69) is 30.4 Å². The van der Waals surface area contributed by atoms with Crippen LogP contribution in [0.4, 0.5) is 11.5 Å². The highest BCUT2D eigenvalue weighted by atomic mass is 16.5. The Morgan fingerprint density at radius 3 is 2.88 bits per heavy atom. The highest BCUT2D eigenvalue weighted by molar-refractivity contribution is 5.57. The lowest BCUT2D eigenvalue weighted by molar-refractivity contribution is 0.181. The first-order chi connectivity index (χ1) is 12.8.